The van der Waals surface area contributed by atoms with Gasteiger partial charge in [-0.1, -0.05) is 6.07 Å². The molecule has 1 aliphatic heterocycles. The van der Waals surface area contributed by atoms with Crippen LogP contribution in [0.5, 0.6) is 0 Å². The minimum atomic E-state index is -0.0440. The summed E-state index contributed by atoms with van der Waals surface area (Å²) in [6.45, 7) is 4.20. The van der Waals surface area contributed by atoms with Crippen LogP contribution < -0.4 is 5.32 Å². The zero-order valence-corrected chi connectivity index (χ0v) is 15.2. The Labute approximate surface area is 156 Å². The summed E-state index contributed by atoms with van der Waals surface area (Å²) < 4.78 is 0. The fourth-order valence-electron chi connectivity index (χ4n) is 2.90. The zero-order chi connectivity index (χ0) is 18.4. The van der Waals surface area contributed by atoms with Crippen molar-refractivity contribution < 1.29 is 9.59 Å². The quantitative estimate of drug-likeness (QED) is 0.873. The second-order valence-electron chi connectivity index (χ2n) is 6.09. The van der Waals surface area contributed by atoms with Crippen molar-refractivity contribution in [1.82, 2.24) is 15.1 Å². The number of piperazine rings is 1. The van der Waals surface area contributed by atoms with Crippen molar-refractivity contribution in [3.8, 4) is 6.07 Å². The third-order valence-electron chi connectivity index (χ3n) is 4.40. The molecule has 1 fully saturated rings. The third kappa shape index (κ3) is 4.48. The SMILES string of the molecule is N#Cc1cccc(C(=O)N2CCN(CCNC(=O)c3ccsc3)CC2)c1. The van der Waals surface area contributed by atoms with Gasteiger partial charge in [-0.2, -0.15) is 16.6 Å². The lowest BCUT2D eigenvalue weighted by Gasteiger charge is -2.34. The van der Waals surface area contributed by atoms with Gasteiger partial charge in [0.15, 0.2) is 0 Å². The van der Waals surface area contributed by atoms with Crippen molar-refractivity contribution in [3.05, 3.63) is 57.8 Å². The molecule has 0 bridgehead atoms. The normalized spacial score (nSPS) is 14.7. The number of nitrogens with one attached hydrogen (secondary N) is 1. The fraction of sp³-hybridized carbons (Fsp3) is 0.316. The van der Waals surface area contributed by atoms with Crippen molar-refractivity contribution in [2.45, 2.75) is 0 Å². The molecule has 6 nitrogen and oxygen atoms in total. The summed E-state index contributed by atoms with van der Waals surface area (Å²) in [5.74, 6) is -0.0788. The smallest absolute Gasteiger partial charge is 0.253 e. The van der Waals surface area contributed by atoms with E-state index in [9.17, 15) is 9.59 Å². The first-order chi connectivity index (χ1) is 12.7. The van der Waals surface area contributed by atoms with E-state index in [-0.39, 0.29) is 11.8 Å². The van der Waals surface area contributed by atoms with Crippen LogP contribution in [0.25, 0.3) is 0 Å². The van der Waals surface area contributed by atoms with Gasteiger partial charge in [0.2, 0.25) is 0 Å². The lowest BCUT2D eigenvalue weighted by atomic mass is 10.1. The Morgan fingerprint density at radius 3 is 2.65 bits per heavy atom. The molecule has 0 radical (unpaired) electrons. The van der Waals surface area contributed by atoms with Crippen LogP contribution >= 0.6 is 11.3 Å². The molecular formula is C19H20N4O2S. The van der Waals surface area contributed by atoms with Crippen LogP contribution in [0.4, 0.5) is 0 Å². The number of hydrogen-bond donors (Lipinski definition) is 1. The van der Waals surface area contributed by atoms with Gasteiger partial charge in [-0.25, -0.2) is 0 Å². The van der Waals surface area contributed by atoms with E-state index >= 15 is 0 Å². The molecule has 7 heteroatoms. The van der Waals surface area contributed by atoms with Crippen LogP contribution in [0.2, 0.25) is 0 Å². The molecule has 134 valence electrons. The molecule has 1 aromatic heterocycles. The van der Waals surface area contributed by atoms with E-state index < -0.39 is 0 Å². The Balaban J connectivity index is 1.43. The number of nitrogens with zero attached hydrogens (tertiary/aromatic N) is 3. The van der Waals surface area contributed by atoms with Crippen molar-refractivity contribution in [1.29, 1.82) is 5.26 Å². The third-order valence-corrected chi connectivity index (χ3v) is 5.08. The maximum atomic E-state index is 12.6. The minimum absolute atomic E-state index is 0.0347. The summed E-state index contributed by atoms with van der Waals surface area (Å²) >= 11 is 1.51. The molecule has 2 aromatic rings. The predicted molar refractivity (Wildman–Crippen MR) is 100 cm³/mol. The van der Waals surface area contributed by atoms with Crippen LogP contribution in [0.3, 0.4) is 0 Å². The van der Waals surface area contributed by atoms with Gasteiger partial charge >= 0.3 is 0 Å². The van der Waals surface area contributed by atoms with Crippen LogP contribution in [0, 0.1) is 11.3 Å². The molecule has 2 amide bonds. The number of hydrogen-bond acceptors (Lipinski definition) is 5. The highest BCUT2D eigenvalue weighted by atomic mass is 32.1. The molecular weight excluding hydrogens is 348 g/mol. The number of benzene rings is 1. The molecule has 3 rings (SSSR count). The number of thiophene rings is 1. The molecule has 0 atom stereocenters. The monoisotopic (exact) mass is 368 g/mol. The number of nitriles is 1. The van der Waals surface area contributed by atoms with E-state index in [0.717, 1.165) is 19.6 Å². The first kappa shape index (κ1) is 18.1. The van der Waals surface area contributed by atoms with Gasteiger partial charge in [0.05, 0.1) is 11.6 Å². The summed E-state index contributed by atoms with van der Waals surface area (Å²) in [6, 6.07) is 10.7. The average molecular weight is 368 g/mol. The van der Waals surface area contributed by atoms with E-state index in [0.29, 0.717) is 36.3 Å². The largest absolute Gasteiger partial charge is 0.351 e. The maximum absolute atomic E-state index is 12.6. The molecule has 0 unspecified atom stereocenters. The van der Waals surface area contributed by atoms with Crippen molar-refractivity contribution in [2.75, 3.05) is 39.3 Å². The summed E-state index contributed by atoms with van der Waals surface area (Å²) in [5.41, 5.74) is 1.75. The van der Waals surface area contributed by atoms with Crippen molar-refractivity contribution in [3.63, 3.8) is 0 Å². The van der Waals surface area contributed by atoms with Gasteiger partial charge in [0.1, 0.15) is 0 Å². The van der Waals surface area contributed by atoms with E-state index in [4.69, 9.17) is 5.26 Å². The van der Waals surface area contributed by atoms with Gasteiger partial charge in [-0.3, -0.25) is 14.5 Å². The van der Waals surface area contributed by atoms with Crippen LogP contribution in [-0.2, 0) is 0 Å². The molecule has 0 aliphatic carbocycles. The predicted octanol–water partition coefficient (Wildman–Crippen LogP) is 1.81. The summed E-state index contributed by atoms with van der Waals surface area (Å²) in [4.78, 5) is 28.5. The van der Waals surface area contributed by atoms with E-state index in [1.165, 1.54) is 11.3 Å². The Kier molecular flexibility index (Phi) is 6.00. The molecule has 26 heavy (non-hydrogen) atoms. The highest BCUT2D eigenvalue weighted by Gasteiger charge is 2.22. The Morgan fingerprint density at radius 2 is 1.96 bits per heavy atom. The molecule has 0 saturated carbocycles. The van der Waals surface area contributed by atoms with Gasteiger partial charge in [0.25, 0.3) is 11.8 Å². The van der Waals surface area contributed by atoms with Crippen molar-refractivity contribution in [2.24, 2.45) is 0 Å². The van der Waals surface area contributed by atoms with Crippen molar-refractivity contribution >= 4 is 23.2 Å². The van der Waals surface area contributed by atoms with Crippen LogP contribution in [-0.4, -0.2) is 60.9 Å². The first-order valence-electron chi connectivity index (χ1n) is 8.49. The number of rotatable bonds is 5. The van der Waals surface area contributed by atoms with Gasteiger partial charge in [-0.05, 0) is 29.6 Å². The number of amides is 2. The lowest BCUT2D eigenvalue weighted by molar-refractivity contribution is 0.0638. The second kappa shape index (κ2) is 8.61. The number of carbonyl (C=O) groups is 2. The van der Waals surface area contributed by atoms with E-state index in [2.05, 4.69) is 16.3 Å². The first-order valence-corrected chi connectivity index (χ1v) is 9.44. The highest BCUT2D eigenvalue weighted by Crippen LogP contribution is 2.11. The molecule has 0 spiro atoms. The number of carbonyl (C=O) groups excluding carboxylic acids is 2. The Morgan fingerprint density at radius 1 is 1.15 bits per heavy atom. The standard InChI is InChI=1S/C19H20N4O2S/c20-13-15-2-1-3-16(12-15)19(25)23-9-7-22(8-10-23)6-5-21-18(24)17-4-11-26-14-17/h1-4,11-12,14H,5-10H2,(H,21,24). The minimum Gasteiger partial charge on any atom is -0.351 e. The molecule has 1 N–H and O–H groups in total. The van der Waals surface area contributed by atoms with Crippen LogP contribution in [0.1, 0.15) is 26.3 Å². The summed E-state index contributed by atoms with van der Waals surface area (Å²) in [7, 11) is 0. The molecule has 1 aromatic carbocycles. The topological polar surface area (TPSA) is 76.4 Å². The second-order valence-corrected chi connectivity index (χ2v) is 6.87. The maximum Gasteiger partial charge on any atom is 0.253 e. The fourth-order valence-corrected chi connectivity index (χ4v) is 3.54. The summed E-state index contributed by atoms with van der Waals surface area (Å²) in [6.07, 6.45) is 0. The van der Waals surface area contributed by atoms with E-state index in [1.54, 1.807) is 24.3 Å². The van der Waals surface area contributed by atoms with Gasteiger partial charge in [-0.15, -0.1) is 0 Å². The van der Waals surface area contributed by atoms with Crippen LogP contribution in [0.15, 0.2) is 41.1 Å². The Hall–Kier alpha value is -2.69. The average Bonchev–Trinajstić information content (AvgIpc) is 3.23. The molecule has 2 heterocycles. The Bertz CT molecular complexity index is 805. The highest BCUT2D eigenvalue weighted by molar-refractivity contribution is 7.08. The molecule has 1 aliphatic rings. The summed E-state index contributed by atoms with van der Waals surface area (Å²) in [5, 5.41) is 15.6. The van der Waals surface area contributed by atoms with Gasteiger partial charge < -0.3 is 10.2 Å². The zero-order valence-electron chi connectivity index (χ0n) is 14.4. The lowest BCUT2D eigenvalue weighted by Crippen LogP contribution is -2.50. The molecule has 1 saturated heterocycles. The van der Waals surface area contributed by atoms with Gasteiger partial charge in [0, 0.05) is 55.8 Å². The van der Waals surface area contributed by atoms with E-state index in [1.807, 2.05) is 21.7 Å².